The molecule has 0 bridgehead atoms. The number of nitrogens with zero attached hydrogens (tertiary/aromatic N) is 5. The number of rotatable bonds is 9. The van der Waals surface area contributed by atoms with E-state index < -0.39 is 6.43 Å². The summed E-state index contributed by atoms with van der Waals surface area (Å²) in [5, 5.41) is 22.0. The van der Waals surface area contributed by atoms with Gasteiger partial charge in [0.1, 0.15) is 22.8 Å². The summed E-state index contributed by atoms with van der Waals surface area (Å²) >= 11 is 1.51. The van der Waals surface area contributed by atoms with E-state index in [2.05, 4.69) is 31.2 Å². The smallest absolute Gasteiger partial charge is 0.282 e. The lowest BCUT2D eigenvalue weighted by atomic mass is 9.91. The summed E-state index contributed by atoms with van der Waals surface area (Å²) < 4.78 is 29.5. The molecule has 10 nitrogen and oxygen atoms in total. The quantitative estimate of drug-likeness (QED) is 0.360. The van der Waals surface area contributed by atoms with E-state index in [1.54, 1.807) is 13.4 Å². The molecular weight excluding hydrogens is 526 g/mol. The Kier molecular flexibility index (Phi) is 5.76. The van der Waals surface area contributed by atoms with Crippen LogP contribution >= 0.6 is 11.3 Å². The summed E-state index contributed by atoms with van der Waals surface area (Å²) in [5.41, 5.74) is 1.71. The lowest BCUT2D eigenvalue weighted by Crippen LogP contribution is -2.29. The molecule has 0 aromatic carbocycles. The van der Waals surface area contributed by atoms with Crippen molar-refractivity contribution < 1.29 is 18.4 Å². The van der Waals surface area contributed by atoms with Crippen LogP contribution in [0, 0.1) is 17.3 Å². The highest BCUT2D eigenvalue weighted by molar-refractivity contribution is 7.17. The van der Waals surface area contributed by atoms with Gasteiger partial charge in [0.05, 0.1) is 5.56 Å². The number of aryl methyl sites for hydroxylation is 2. The molecule has 3 fully saturated rings. The lowest BCUT2D eigenvalue weighted by Gasteiger charge is -2.25. The zero-order valence-electron chi connectivity index (χ0n) is 21.5. The van der Waals surface area contributed by atoms with Crippen molar-refractivity contribution in [2.45, 2.75) is 63.8 Å². The summed E-state index contributed by atoms with van der Waals surface area (Å²) in [4.78, 5) is 27.3. The lowest BCUT2D eigenvalue weighted by molar-refractivity contribution is -0.117. The standard InChI is InChI=1S/C26H30F2N8O2S/c1-35-19(9-17(34-35)21(27)28)31-25-33-30-12-36(25)15-4-5-18-16(8-15)20(24(39-18)32-22(37)13-2-3-13)23(38)29-11-14-10-26(14)6-7-26/h9,12-15,21H,2-8,10-11H2,1H3,(H,29,38)(H,31,33)(H,32,37)/t14?,15-/m0/s1. The maximum Gasteiger partial charge on any atom is 0.282 e. The molecule has 0 aliphatic heterocycles. The van der Waals surface area contributed by atoms with E-state index in [1.807, 2.05) is 4.57 Å². The average molecular weight is 557 g/mol. The Morgan fingerprint density at radius 2 is 2.08 bits per heavy atom. The minimum Gasteiger partial charge on any atom is -0.352 e. The number of hydrogen-bond donors (Lipinski definition) is 3. The molecule has 0 saturated heterocycles. The number of carbonyl (C=O) groups is 2. The van der Waals surface area contributed by atoms with Crippen molar-refractivity contribution in [3.8, 4) is 0 Å². The van der Waals surface area contributed by atoms with Crippen molar-refractivity contribution in [1.82, 2.24) is 29.9 Å². The van der Waals surface area contributed by atoms with Crippen LogP contribution in [0.2, 0.25) is 0 Å². The summed E-state index contributed by atoms with van der Waals surface area (Å²) in [6.45, 7) is 0.674. The van der Waals surface area contributed by atoms with E-state index >= 15 is 0 Å². The summed E-state index contributed by atoms with van der Waals surface area (Å²) in [5.74, 6) is 1.26. The third kappa shape index (κ3) is 4.60. The van der Waals surface area contributed by atoms with Crippen molar-refractivity contribution in [2.75, 3.05) is 17.2 Å². The molecule has 4 aliphatic carbocycles. The molecule has 2 atom stereocenters. The van der Waals surface area contributed by atoms with Crippen molar-refractivity contribution >= 4 is 39.9 Å². The number of anilines is 3. The molecule has 1 spiro atoms. The number of thiophene rings is 1. The maximum atomic E-state index is 13.6. The Morgan fingerprint density at radius 1 is 1.26 bits per heavy atom. The highest BCUT2D eigenvalue weighted by atomic mass is 32.1. The van der Waals surface area contributed by atoms with E-state index in [9.17, 15) is 18.4 Å². The molecular formula is C26H30F2N8O2S. The zero-order chi connectivity index (χ0) is 26.9. The van der Waals surface area contributed by atoms with Crippen LogP contribution in [0.4, 0.5) is 25.5 Å². The van der Waals surface area contributed by atoms with Crippen molar-refractivity contribution in [1.29, 1.82) is 0 Å². The third-order valence-corrected chi connectivity index (χ3v) is 9.94. The number of aromatic nitrogens is 5. The second-order valence-electron chi connectivity index (χ2n) is 11.4. The van der Waals surface area contributed by atoms with Crippen LogP contribution in [0.3, 0.4) is 0 Å². The molecule has 3 heterocycles. The first-order valence-electron chi connectivity index (χ1n) is 13.5. The SMILES string of the molecule is Cn1nc(C(F)F)cc1Nc1nncn1[C@H]1CCc2sc(NC(=O)C3CC3)c(C(=O)NCC3CC34CC4)c2C1. The van der Waals surface area contributed by atoms with Crippen LogP contribution in [-0.4, -0.2) is 42.9 Å². The summed E-state index contributed by atoms with van der Waals surface area (Å²) in [7, 11) is 1.59. The van der Waals surface area contributed by atoms with Gasteiger partial charge >= 0.3 is 0 Å². The van der Waals surface area contributed by atoms with Gasteiger partial charge in [-0.1, -0.05) is 0 Å². The molecule has 4 aliphatic rings. The van der Waals surface area contributed by atoms with Crippen LogP contribution in [-0.2, 0) is 24.7 Å². The number of alkyl halides is 2. The van der Waals surface area contributed by atoms with Gasteiger partial charge in [-0.3, -0.25) is 18.8 Å². The van der Waals surface area contributed by atoms with E-state index in [1.165, 1.54) is 41.3 Å². The van der Waals surface area contributed by atoms with E-state index in [-0.39, 0.29) is 29.5 Å². The minimum absolute atomic E-state index is 0.0111. The fourth-order valence-electron chi connectivity index (χ4n) is 5.92. The minimum atomic E-state index is -2.67. The summed E-state index contributed by atoms with van der Waals surface area (Å²) in [6, 6.07) is 1.24. The van der Waals surface area contributed by atoms with Gasteiger partial charge in [-0.05, 0) is 68.3 Å². The van der Waals surface area contributed by atoms with Gasteiger partial charge in [0, 0.05) is 36.5 Å². The molecule has 3 N–H and O–H groups in total. The van der Waals surface area contributed by atoms with E-state index in [0.29, 0.717) is 46.6 Å². The van der Waals surface area contributed by atoms with Crippen LogP contribution in [0.5, 0.6) is 0 Å². The van der Waals surface area contributed by atoms with Crippen LogP contribution in [0.1, 0.15) is 77.5 Å². The molecule has 206 valence electrons. The van der Waals surface area contributed by atoms with E-state index in [4.69, 9.17) is 0 Å². The Bertz CT molecular complexity index is 1450. The molecule has 3 aromatic rings. The van der Waals surface area contributed by atoms with Crippen LogP contribution < -0.4 is 16.0 Å². The Labute approximate surface area is 227 Å². The molecule has 0 radical (unpaired) electrons. The van der Waals surface area contributed by atoms with Crippen LogP contribution in [0.25, 0.3) is 0 Å². The van der Waals surface area contributed by atoms with E-state index in [0.717, 1.165) is 36.1 Å². The number of halogens is 2. The van der Waals surface area contributed by atoms with Crippen LogP contribution in [0.15, 0.2) is 12.4 Å². The van der Waals surface area contributed by atoms with Gasteiger partial charge in [-0.15, -0.1) is 21.5 Å². The predicted octanol–water partition coefficient (Wildman–Crippen LogP) is 4.36. The number of amides is 2. The average Bonchev–Trinajstić information content (AvgIpc) is 3.87. The second kappa shape index (κ2) is 9.10. The summed E-state index contributed by atoms with van der Waals surface area (Å²) in [6.07, 6.45) is 6.56. The number of nitrogens with one attached hydrogen (secondary N) is 3. The van der Waals surface area contributed by atoms with Gasteiger partial charge in [0.15, 0.2) is 0 Å². The number of fused-ring (bicyclic) bond motifs is 1. The third-order valence-electron chi connectivity index (χ3n) is 8.74. The second-order valence-corrected chi connectivity index (χ2v) is 12.5. The van der Waals surface area contributed by atoms with Gasteiger partial charge < -0.3 is 16.0 Å². The normalized spacial score (nSPS) is 22.6. The Balaban J connectivity index is 1.13. The molecule has 3 aromatic heterocycles. The highest BCUT2D eigenvalue weighted by Crippen LogP contribution is 2.70. The largest absolute Gasteiger partial charge is 0.352 e. The first kappa shape index (κ1) is 24.7. The highest BCUT2D eigenvalue weighted by Gasteiger charge is 2.62. The fourth-order valence-corrected chi connectivity index (χ4v) is 7.16. The maximum absolute atomic E-state index is 13.6. The fraction of sp³-hybridized carbons (Fsp3) is 0.577. The van der Waals surface area contributed by atoms with Crippen molar-refractivity contribution in [3.05, 3.63) is 34.1 Å². The van der Waals surface area contributed by atoms with Crippen molar-refractivity contribution in [2.24, 2.45) is 24.3 Å². The molecule has 1 unspecified atom stereocenters. The first-order valence-corrected chi connectivity index (χ1v) is 14.3. The molecule has 7 rings (SSSR count). The number of carbonyl (C=O) groups excluding carboxylic acids is 2. The van der Waals surface area contributed by atoms with Gasteiger partial charge in [0.2, 0.25) is 11.9 Å². The number of hydrogen-bond acceptors (Lipinski definition) is 7. The molecule has 39 heavy (non-hydrogen) atoms. The monoisotopic (exact) mass is 556 g/mol. The zero-order valence-corrected chi connectivity index (χ0v) is 22.4. The molecule has 13 heteroatoms. The Morgan fingerprint density at radius 3 is 2.77 bits per heavy atom. The Hall–Kier alpha value is -3.35. The predicted molar refractivity (Wildman–Crippen MR) is 140 cm³/mol. The van der Waals surface area contributed by atoms with Gasteiger partial charge in [-0.25, -0.2) is 8.78 Å². The van der Waals surface area contributed by atoms with Gasteiger partial charge in [-0.2, -0.15) is 5.10 Å². The first-order chi connectivity index (χ1) is 18.8. The van der Waals surface area contributed by atoms with Crippen molar-refractivity contribution in [3.63, 3.8) is 0 Å². The van der Waals surface area contributed by atoms with Gasteiger partial charge in [0.25, 0.3) is 12.3 Å². The topological polar surface area (TPSA) is 119 Å². The molecule has 2 amide bonds. The molecule has 3 saturated carbocycles.